The van der Waals surface area contributed by atoms with Crippen molar-refractivity contribution in [3.8, 4) is 5.69 Å². The molecule has 0 unspecified atom stereocenters. The van der Waals surface area contributed by atoms with Gasteiger partial charge in [-0.15, -0.1) is 0 Å². The first kappa shape index (κ1) is 15.0. The second-order valence-electron chi connectivity index (χ2n) is 4.97. The molecule has 1 N–H and O–H groups in total. The van der Waals surface area contributed by atoms with Crippen LogP contribution >= 0.6 is 0 Å². The van der Waals surface area contributed by atoms with Gasteiger partial charge in [0.25, 0.3) is 0 Å². The van der Waals surface area contributed by atoms with Crippen molar-refractivity contribution in [3.05, 3.63) is 57.8 Å². The number of hydrogen-bond donors (Lipinski definition) is 1. The topological polar surface area (TPSA) is 77.0 Å². The molecule has 2 aromatic heterocycles. The Bertz CT molecular complexity index is 959. The predicted octanol–water partition coefficient (Wildman–Crippen LogP) is 2.34. The summed E-state index contributed by atoms with van der Waals surface area (Å²) >= 11 is 0. The van der Waals surface area contributed by atoms with E-state index in [4.69, 9.17) is 4.74 Å². The first-order valence-corrected chi connectivity index (χ1v) is 7.07. The lowest BCUT2D eigenvalue weighted by Crippen LogP contribution is -2.08. The van der Waals surface area contributed by atoms with Gasteiger partial charge in [-0.3, -0.25) is 4.79 Å². The van der Waals surface area contributed by atoms with Crippen LogP contribution < -0.4 is 5.56 Å². The molecule has 1 aromatic carbocycles. The Labute approximate surface area is 130 Å². The number of nitrogens with zero attached hydrogens (tertiary/aromatic N) is 2. The summed E-state index contributed by atoms with van der Waals surface area (Å²) in [4.78, 5) is 26.5. The first-order valence-electron chi connectivity index (χ1n) is 7.07. The standard InChI is InChI=1S/C16H14FN3O3/c1-3-23-16(22)14-13-9(2)8-12(21)18-15(13)20(19-14)11-7-5-4-6-10(11)17/h4-8H,3H2,1-2H3,(H,18,21). The molecule has 0 aliphatic carbocycles. The number of hydrogen-bond acceptors (Lipinski definition) is 4. The molecule has 6 nitrogen and oxygen atoms in total. The molecule has 0 saturated carbocycles. The highest BCUT2D eigenvalue weighted by molar-refractivity contribution is 6.02. The molecule has 7 heteroatoms. The number of aryl methyl sites for hydroxylation is 1. The molecule has 0 amide bonds. The Morgan fingerprint density at radius 2 is 2.13 bits per heavy atom. The highest BCUT2D eigenvalue weighted by atomic mass is 19.1. The fourth-order valence-corrected chi connectivity index (χ4v) is 2.47. The molecular weight excluding hydrogens is 301 g/mol. The minimum Gasteiger partial charge on any atom is -0.461 e. The summed E-state index contributed by atoms with van der Waals surface area (Å²) in [7, 11) is 0. The minimum absolute atomic E-state index is 0.0406. The molecule has 0 aliphatic rings. The molecule has 0 aliphatic heterocycles. The zero-order valence-electron chi connectivity index (χ0n) is 12.6. The molecule has 3 aromatic rings. The molecule has 0 radical (unpaired) electrons. The summed E-state index contributed by atoms with van der Waals surface area (Å²) in [5.41, 5.74) is 0.633. The number of halogens is 1. The van der Waals surface area contributed by atoms with Crippen molar-refractivity contribution in [2.45, 2.75) is 13.8 Å². The van der Waals surface area contributed by atoms with E-state index in [9.17, 15) is 14.0 Å². The van der Waals surface area contributed by atoms with E-state index >= 15 is 0 Å². The molecule has 0 atom stereocenters. The van der Waals surface area contributed by atoms with Crippen molar-refractivity contribution in [1.82, 2.24) is 14.8 Å². The molecular formula is C16H14FN3O3. The Balaban J connectivity index is 2.37. The number of benzene rings is 1. The van der Waals surface area contributed by atoms with Gasteiger partial charge in [-0.05, 0) is 31.5 Å². The number of para-hydroxylation sites is 1. The summed E-state index contributed by atoms with van der Waals surface area (Å²) in [6, 6.07) is 7.34. The molecule has 2 heterocycles. The van der Waals surface area contributed by atoms with E-state index in [1.54, 1.807) is 26.0 Å². The zero-order valence-corrected chi connectivity index (χ0v) is 12.6. The van der Waals surface area contributed by atoms with E-state index in [0.29, 0.717) is 10.9 Å². The second kappa shape index (κ2) is 5.68. The fraction of sp³-hybridized carbons (Fsp3) is 0.188. The van der Waals surface area contributed by atoms with Crippen molar-refractivity contribution >= 4 is 17.0 Å². The summed E-state index contributed by atoms with van der Waals surface area (Å²) in [5.74, 6) is -1.14. The number of rotatable bonds is 3. The number of H-pyrrole nitrogens is 1. The van der Waals surface area contributed by atoms with Crippen molar-refractivity contribution in [1.29, 1.82) is 0 Å². The number of pyridine rings is 1. The molecule has 0 saturated heterocycles. The van der Waals surface area contributed by atoms with Crippen LogP contribution in [0.1, 0.15) is 23.0 Å². The van der Waals surface area contributed by atoms with Crippen molar-refractivity contribution in [2.75, 3.05) is 6.61 Å². The van der Waals surface area contributed by atoms with Crippen LogP contribution in [0.4, 0.5) is 4.39 Å². The molecule has 0 fully saturated rings. The largest absolute Gasteiger partial charge is 0.461 e. The van der Waals surface area contributed by atoms with Crippen LogP contribution in [0, 0.1) is 12.7 Å². The Morgan fingerprint density at radius 3 is 2.83 bits per heavy atom. The average Bonchev–Trinajstić information content (AvgIpc) is 2.87. The van der Waals surface area contributed by atoms with E-state index in [2.05, 4.69) is 10.1 Å². The summed E-state index contributed by atoms with van der Waals surface area (Å²) in [5, 5.41) is 4.61. The number of carbonyl (C=O) groups is 1. The van der Waals surface area contributed by atoms with Crippen molar-refractivity contribution in [2.24, 2.45) is 0 Å². The Hall–Kier alpha value is -2.96. The maximum absolute atomic E-state index is 14.1. The Morgan fingerprint density at radius 1 is 1.39 bits per heavy atom. The minimum atomic E-state index is -0.622. The van der Waals surface area contributed by atoms with Gasteiger partial charge in [-0.2, -0.15) is 5.10 Å². The van der Waals surface area contributed by atoms with Gasteiger partial charge < -0.3 is 9.72 Å². The fourth-order valence-electron chi connectivity index (χ4n) is 2.47. The van der Waals surface area contributed by atoms with Crippen molar-refractivity contribution < 1.29 is 13.9 Å². The van der Waals surface area contributed by atoms with Crippen LogP contribution in [0.3, 0.4) is 0 Å². The van der Waals surface area contributed by atoms with Gasteiger partial charge in [0.15, 0.2) is 5.69 Å². The van der Waals surface area contributed by atoms with Crippen LogP contribution in [0.5, 0.6) is 0 Å². The van der Waals surface area contributed by atoms with Gasteiger partial charge in [0.2, 0.25) is 5.56 Å². The zero-order chi connectivity index (χ0) is 16.6. The van der Waals surface area contributed by atoms with Crippen LogP contribution in [-0.4, -0.2) is 27.3 Å². The van der Waals surface area contributed by atoms with Gasteiger partial charge >= 0.3 is 5.97 Å². The van der Waals surface area contributed by atoms with E-state index in [-0.39, 0.29) is 29.2 Å². The van der Waals surface area contributed by atoms with Gasteiger partial charge in [-0.25, -0.2) is 13.9 Å². The summed E-state index contributed by atoms with van der Waals surface area (Å²) in [6.45, 7) is 3.56. The lowest BCUT2D eigenvalue weighted by Gasteiger charge is -2.04. The van der Waals surface area contributed by atoms with Gasteiger partial charge in [0.1, 0.15) is 17.2 Å². The van der Waals surface area contributed by atoms with E-state index in [1.807, 2.05) is 0 Å². The maximum atomic E-state index is 14.1. The molecule has 118 valence electrons. The lowest BCUT2D eigenvalue weighted by molar-refractivity contribution is 0.0521. The number of nitrogens with one attached hydrogen (secondary N) is 1. The number of esters is 1. The highest BCUT2D eigenvalue weighted by Crippen LogP contribution is 2.24. The second-order valence-corrected chi connectivity index (χ2v) is 4.97. The summed E-state index contributed by atoms with van der Waals surface area (Å²) in [6.07, 6.45) is 0. The maximum Gasteiger partial charge on any atom is 0.359 e. The Kier molecular flexibility index (Phi) is 3.69. The molecule has 0 spiro atoms. The predicted molar refractivity (Wildman–Crippen MR) is 82.3 cm³/mol. The third-order valence-corrected chi connectivity index (χ3v) is 3.42. The average molecular weight is 315 g/mol. The number of fused-ring (bicyclic) bond motifs is 1. The smallest absolute Gasteiger partial charge is 0.359 e. The van der Waals surface area contributed by atoms with Crippen LogP contribution in [-0.2, 0) is 4.74 Å². The van der Waals surface area contributed by atoms with Crippen LogP contribution in [0.15, 0.2) is 35.1 Å². The summed E-state index contributed by atoms with van der Waals surface area (Å²) < 4.78 is 20.3. The highest BCUT2D eigenvalue weighted by Gasteiger charge is 2.22. The third kappa shape index (κ3) is 2.50. The van der Waals surface area contributed by atoms with E-state index in [1.165, 1.54) is 22.9 Å². The quantitative estimate of drug-likeness (QED) is 0.753. The molecule has 3 rings (SSSR count). The number of aromatic amines is 1. The van der Waals surface area contributed by atoms with E-state index in [0.717, 1.165) is 0 Å². The number of aromatic nitrogens is 3. The molecule has 23 heavy (non-hydrogen) atoms. The van der Waals surface area contributed by atoms with Gasteiger partial charge in [-0.1, -0.05) is 12.1 Å². The lowest BCUT2D eigenvalue weighted by atomic mass is 10.1. The first-order chi connectivity index (χ1) is 11.0. The molecule has 0 bridgehead atoms. The van der Waals surface area contributed by atoms with Crippen LogP contribution in [0.2, 0.25) is 0 Å². The van der Waals surface area contributed by atoms with Gasteiger partial charge in [0, 0.05) is 6.07 Å². The van der Waals surface area contributed by atoms with Gasteiger partial charge in [0.05, 0.1) is 12.0 Å². The third-order valence-electron chi connectivity index (χ3n) is 3.42. The van der Waals surface area contributed by atoms with Crippen molar-refractivity contribution in [3.63, 3.8) is 0 Å². The SMILES string of the molecule is CCOC(=O)c1nn(-c2ccccc2F)c2[nH]c(=O)cc(C)c12. The number of carbonyl (C=O) groups excluding carboxylic acids is 1. The van der Waals surface area contributed by atoms with Crippen LogP contribution in [0.25, 0.3) is 16.7 Å². The normalized spacial score (nSPS) is 10.9. The monoisotopic (exact) mass is 315 g/mol. The van der Waals surface area contributed by atoms with E-state index < -0.39 is 11.8 Å². The number of ether oxygens (including phenoxy) is 1.